The molecule has 1 saturated heterocycles. The van der Waals surface area contributed by atoms with Gasteiger partial charge in [0, 0.05) is 38.9 Å². The zero-order valence-electron chi connectivity index (χ0n) is 17.5. The topological polar surface area (TPSA) is 63.5 Å². The summed E-state index contributed by atoms with van der Waals surface area (Å²) in [6.45, 7) is 2.73. The Balaban J connectivity index is 1.33. The molecule has 0 N–H and O–H groups in total. The summed E-state index contributed by atoms with van der Waals surface area (Å²) in [4.78, 5) is 16.7. The lowest BCUT2D eigenvalue weighted by molar-refractivity contribution is -0.128. The molecule has 2 aromatic carbocycles. The molecule has 0 radical (unpaired) electrons. The first-order valence-electron chi connectivity index (χ1n) is 10.0. The first-order valence-corrected chi connectivity index (χ1v) is 11.0. The number of anilines is 1. The number of aromatic nitrogens is 3. The van der Waals surface area contributed by atoms with Crippen LogP contribution in [0.25, 0.3) is 11.4 Å². The molecule has 0 bridgehead atoms. The van der Waals surface area contributed by atoms with Gasteiger partial charge in [-0.1, -0.05) is 23.9 Å². The summed E-state index contributed by atoms with van der Waals surface area (Å²) in [5.41, 5.74) is 1.83. The summed E-state index contributed by atoms with van der Waals surface area (Å²) in [7, 11) is 3.51. The number of para-hydroxylation sites is 1. The summed E-state index contributed by atoms with van der Waals surface area (Å²) in [5, 5.41) is 9.22. The molecule has 0 spiro atoms. The Kier molecular flexibility index (Phi) is 6.41. The summed E-state index contributed by atoms with van der Waals surface area (Å²) in [5.74, 6) is 1.55. The number of carbonyl (C=O) groups excluding carboxylic acids is 1. The molecule has 2 heterocycles. The van der Waals surface area contributed by atoms with E-state index in [1.165, 1.54) is 23.9 Å². The van der Waals surface area contributed by atoms with Gasteiger partial charge in [-0.2, -0.15) is 0 Å². The number of methoxy groups -OCH3 is 1. The predicted molar refractivity (Wildman–Crippen MR) is 119 cm³/mol. The molecule has 0 aliphatic carbocycles. The quantitative estimate of drug-likeness (QED) is 0.548. The Morgan fingerprint density at radius 1 is 1.06 bits per heavy atom. The average Bonchev–Trinajstić information content (AvgIpc) is 3.18. The average molecular weight is 442 g/mol. The Morgan fingerprint density at radius 3 is 2.48 bits per heavy atom. The van der Waals surface area contributed by atoms with Gasteiger partial charge in [0.1, 0.15) is 11.6 Å². The predicted octanol–water partition coefficient (Wildman–Crippen LogP) is 3.07. The molecule has 0 unspecified atom stereocenters. The van der Waals surface area contributed by atoms with Crippen LogP contribution in [0.1, 0.15) is 0 Å². The summed E-state index contributed by atoms with van der Waals surface area (Å²) in [6.07, 6.45) is 0. The fraction of sp³-hybridized carbons (Fsp3) is 0.318. The molecule has 1 aromatic heterocycles. The van der Waals surface area contributed by atoms with Crippen LogP contribution in [0.5, 0.6) is 5.75 Å². The maximum atomic E-state index is 13.1. The molecule has 1 fully saturated rings. The van der Waals surface area contributed by atoms with Crippen LogP contribution in [0.3, 0.4) is 0 Å². The number of ether oxygens (including phenoxy) is 1. The molecular weight excluding hydrogens is 417 g/mol. The number of rotatable bonds is 6. The minimum atomic E-state index is -0.243. The lowest BCUT2D eigenvalue weighted by Crippen LogP contribution is -2.49. The molecule has 3 aromatic rings. The summed E-state index contributed by atoms with van der Waals surface area (Å²) in [6, 6.07) is 14.1. The van der Waals surface area contributed by atoms with E-state index in [9.17, 15) is 9.18 Å². The van der Waals surface area contributed by atoms with E-state index >= 15 is 0 Å². The highest BCUT2D eigenvalue weighted by Gasteiger charge is 2.22. The van der Waals surface area contributed by atoms with E-state index in [2.05, 4.69) is 15.1 Å². The van der Waals surface area contributed by atoms with E-state index in [4.69, 9.17) is 4.74 Å². The van der Waals surface area contributed by atoms with Crippen molar-refractivity contribution in [3.05, 3.63) is 54.3 Å². The van der Waals surface area contributed by atoms with Gasteiger partial charge in [0.05, 0.1) is 18.4 Å². The first kappa shape index (κ1) is 21.2. The number of amides is 1. The van der Waals surface area contributed by atoms with Crippen LogP contribution >= 0.6 is 11.8 Å². The molecule has 4 rings (SSSR count). The third kappa shape index (κ3) is 4.66. The Bertz CT molecular complexity index is 1050. The number of nitrogens with zero attached hydrogens (tertiary/aromatic N) is 5. The van der Waals surface area contributed by atoms with E-state index in [-0.39, 0.29) is 11.7 Å². The summed E-state index contributed by atoms with van der Waals surface area (Å²) < 4.78 is 20.4. The Hall–Kier alpha value is -3.07. The Morgan fingerprint density at radius 2 is 1.77 bits per heavy atom. The number of carbonyl (C=O) groups is 1. The second kappa shape index (κ2) is 9.38. The van der Waals surface area contributed by atoms with Crippen molar-refractivity contribution >= 4 is 23.4 Å². The van der Waals surface area contributed by atoms with Gasteiger partial charge in [0.2, 0.25) is 5.91 Å². The molecule has 31 heavy (non-hydrogen) atoms. The summed E-state index contributed by atoms with van der Waals surface area (Å²) >= 11 is 1.38. The second-order valence-electron chi connectivity index (χ2n) is 7.20. The molecule has 162 valence electrons. The lowest BCUT2D eigenvalue weighted by atomic mass is 10.2. The van der Waals surface area contributed by atoms with Gasteiger partial charge in [-0.15, -0.1) is 10.2 Å². The fourth-order valence-corrected chi connectivity index (χ4v) is 4.40. The van der Waals surface area contributed by atoms with Crippen LogP contribution in [0.2, 0.25) is 0 Å². The van der Waals surface area contributed by atoms with E-state index < -0.39 is 0 Å². The normalized spacial score (nSPS) is 14.0. The van der Waals surface area contributed by atoms with Gasteiger partial charge in [0.15, 0.2) is 11.0 Å². The highest BCUT2D eigenvalue weighted by Crippen LogP contribution is 2.30. The standard InChI is InChI=1S/C22H24FN5O2S/c1-26-21(18-5-3-4-6-19(18)30-2)24-25-22(26)31-15-20(29)28-13-11-27(12-14-28)17-9-7-16(23)8-10-17/h3-10H,11-15H2,1-2H3. The van der Waals surface area contributed by atoms with Crippen molar-refractivity contribution in [2.45, 2.75) is 5.16 Å². The SMILES string of the molecule is COc1ccccc1-c1nnc(SCC(=O)N2CCN(c3ccc(F)cc3)CC2)n1C. The highest BCUT2D eigenvalue weighted by atomic mass is 32.2. The van der Waals surface area contributed by atoms with Crippen molar-refractivity contribution in [2.75, 3.05) is 43.9 Å². The fourth-order valence-electron chi connectivity index (χ4n) is 3.59. The zero-order chi connectivity index (χ0) is 21.8. The number of halogens is 1. The molecule has 1 aliphatic heterocycles. The third-order valence-corrected chi connectivity index (χ3v) is 6.34. The van der Waals surface area contributed by atoms with Crippen LogP contribution in [0.4, 0.5) is 10.1 Å². The second-order valence-corrected chi connectivity index (χ2v) is 8.14. The Labute approximate surface area is 184 Å². The molecular formula is C22H24FN5O2S. The molecule has 7 nitrogen and oxygen atoms in total. The van der Waals surface area contributed by atoms with Crippen LogP contribution in [0.15, 0.2) is 53.7 Å². The van der Waals surface area contributed by atoms with Crippen molar-refractivity contribution in [3.63, 3.8) is 0 Å². The van der Waals surface area contributed by atoms with Gasteiger partial charge in [-0.25, -0.2) is 4.39 Å². The third-order valence-electron chi connectivity index (χ3n) is 5.33. The first-order chi connectivity index (χ1) is 15.1. The number of benzene rings is 2. The zero-order valence-corrected chi connectivity index (χ0v) is 18.3. The monoisotopic (exact) mass is 441 g/mol. The van der Waals surface area contributed by atoms with Crippen LogP contribution in [0, 0.1) is 5.82 Å². The number of piperazine rings is 1. The van der Waals surface area contributed by atoms with Crippen LogP contribution < -0.4 is 9.64 Å². The number of hydrogen-bond acceptors (Lipinski definition) is 6. The minimum Gasteiger partial charge on any atom is -0.496 e. The van der Waals surface area contributed by atoms with Crippen LogP contribution in [-0.2, 0) is 11.8 Å². The van der Waals surface area contributed by atoms with Crippen LogP contribution in [-0.4, -0.2) is 64.6 Å². The van der Waals surface area contributed by atoms with Gasteiger partial charge in [-0.05, 0) is 36.4 Å². The molecule has 0 atom stereocenters. The molecule has 9 heteroatoms. The minimum absolute atomic E-state index is 0.0746. The van der Waals surface area contributed by atoms with Gasteiger partial charge in [0.25, 0.3) is 0 Å². The lowest BCUT2D eigenvalue weighted by Gasteiger charge is -2.36. The number of thioether (sulfide) groups is 1. The van der Waals surface area contributed by atoms with E-state index in [1.54, 1.807) is 19.2 Å². The van der Waals surface area contributed by atoms with Crippen molar-refractivity contribution in [3.8, 4) is 17.1 Å². The largest absolute Gasteiger partial charge is 0.496 e. The maximum Gasteiger partial charge on any atom is 0.233 e. The molecule has 0 saturated carbocycles. The van der Waals surface area contributed by atoms with Crippen molar-refractivity contribution in [1.82, 2.24) is 19.7 Å². The van der Waals surface area contributed by atoms with E-state index in [1.807, 2.05) is 40.8 Å². The van der Waals surface area contributed by atoms with E-state index in [0.29, 0.717) is 29.8 Å². The highest BCUT2D eigenvalue weighted by molar-refractivity contribution is 7.99. The van der Waals surface area contributed by atoms with Gasteiger partial charge < -0.3 is 19.1 Å². The van der Waals surface area contributed by atoms with Crippen molar-refractivity contribution < 1.29 is 13.9 Å². The number of hydrogen-bond donors (Lipinski definition) is 0. The molecule has 1 aliphatic rings. The van der Waals surface area contributed by atoms with Crippen molar-refractivity contribution in [1.29, 1.82) is 0 Å². The van der Waals surface area contributed by atoms with E-state index in [0.717, 1.165) is 30.1 Å². The maximum absolute atomic E-state index is 13.1. The van der Waals surface area contributed by atoms with Gasteiger partial charge >= 0.3 is 0 Å². The molecule has 1 amide bonds. The smallest absolute Gasteiger partial charge is 0.233 e. The van der Waals surface area contributed by atoms with Crippen molar-refractivity contribution in [2.24, 2.45) is 7.05 Å². The van der Waals surface area contributed by atoms with Gasteiger partial charge in [-0.3, -0.25) is 4.79 Å².